The molecular weight excluding hydrogens is 411 g/mol. The molecule has 1 saturated heterocycles. The molecule has 1 aliphatic rings. The van der Waals surface area contributed by atoms with Crippen LogP contribution in [0.1, 0.15) is 17.2 Å². The summed E-state index contributed by atoms with van der Waals surface area (Å²) in [7, 11) is 0. The minimum Gasteiger partial charge on any atom is -0.507 e. The Kier molecular flexibility index (Phi) is 5.09. The van der Waals surface area contributed by atoms with Gasteiger partial charge in [-0.05, 0) is 48.0 Å². The van der Waals surface area contributed by atoms with Crippen LogP contribution in [0.5, 0.6) is 0 Å². The molecule has 0 spiro atoms. The molecule has 1 fully saturated rings. The first kappa shape index (κ1) is 19.2. The average Bonchev–Trinajstić information content (AvgIpc) is 3.00. The van der Waals surface area contributed by atoms with Crippen molar-refractivity contribution < 1.29 is 14.7 Å². The number of nitrogens with zero attached hydrogens (tertiary/aromatic N) is 2. The maximum Gasteiger partial charge on any atom is 0.300 e. The van der Waals surface area contributed by atoms with Crippen molar-refractivity contribution in [2.75, 3.05) is 4.90 Å². The standard InChI is InChI=1S/C22H14Cl2N2O3/c23-14-9-7-13(8-10-14)20(27)18-19(16-5-1-2-6-17(16)24)26(22(29)21(18)28)15-4-3-11-25-12-15/h1-12,19,27H. The fourth-order valence-electron chi connectivity index (χ4n) is 3.35. The van der Waals surface area contributed by atoms with E-state index < -0.39 is 17.7 Å². The summed E-state index contributed by atoms with van der Waals surface area (Å²) < 4.78 is 0. The zero-order valence-corrected chi connectivity index (χ0v) is 16.4. The monoisotopic (exact) mass is 424 g/mol. The Bertz CT molecular complexity index is 1130. The van der Waals surface area contributed by atoms with Crippen LogP contribution >= 0.6 is 23.2 Å². The number of hydrogen-bond acceptors (Lipinski definition) is 4. The number of pyridine rings is 1. The van der Waals surface area contributed by atoms with Crippen LogP contribution in [0.4, 0.5) is 5.69 Å². The Balaban J connectivity index is 1.97. The molecule has 1 aromatic heterocycles. The molecule has 1 amide bonds. The quantitative estimate of drug-likeness (QED) is 0.364. The van der Waals surface area contributed by atoms with Crippen molar-refractivity contribution >= 4 is 46.3 Å². The van der Waals surface area contributed by atoms with Gasteiger partial charge in [0.1, 0.15) is 5.76 Å². The number of aliphatic hydroxyl groups is 1. The molecule has 0 bridgehead atoms. The molecule has 29 heavy (non-hydrogen) atoms. The Morgan fingerprint density at radius 2 is 1.69 bits per heavy atom. The van der Waals surface area contributed by atoms with E-state index in [0.29, 0.717) is 26.9 Å². The summed E-state index contributed by atoms with van der Waals surface area (Å²) in [4.78, 5) is 31.3. The molecule has 0 saturated carbocycles. The number of amides is 1. The predicted molar refractivity (Wildman–Crippen MR) is 112 cm³/mol. The van der Waals surface area contributed by atoms with Gasteiger partial charge in [-0.2, -0.15) is 0 Å². The minimum absolute atomic E-state index is 0.0470. The Hall–Kier alpha value is -3.15. The molecule has 1 unspecified atom stereocenters. The van der Waals surface area contributed by atoms with Crippen LogP contribution in [0, 0.1) is 0 Å². The first-order valence-electron chi connectivity index (χ1n) is 8.70. The Morgan fingerprint density at radius 1 is 0.966 bits per heavy atom. The maximum atomic E-state index is 13.0. The molecule has 3 aromatic rings. The zero-order chi connectivity index (χ0) is 20.5. The van der Waals surface area contributed by atoms with Gasteiger partial charge in [0, 0.05) is 21.8 Å². The van der Waals surface area contributed by atoms with E-state index in [2.05, 4.69) is 4.98 Å². The van der Waals surface area contributed by atoms with Crippen LogP contribution < -0.4 is 4.90 Å². The molecule has 4 rings (SSSR count). The lowest BCUT2D eigenvalue weighted by Crippen LogP contribution is -2.29. The number of carbonyl (C=O) groups is 2. The largest absolute Gasteiger partial charge is 0.507 e. The van der Waals surface area contributed by atoms with E-state index in [1.807, 2.05) is 0 Å². The van der Waals surface area contributed by atoms with E-state index in [0.717, 1.165) is 0 Å². The number of aliphatic hydroxyl groups excluding tert-OH is 1. The molecule has 7 heteroatoms. The number of rotatable bonds is 3. The number of benzene rings is 2. The molecule has 1 aliphatic heterocycles. The van der Waals surface area contributed by atoms with E-state index >= 15 is 0 Å². The van der Waals surface area contributed by atoms with Gasteiger partial charge in [-0.1, -0.05) is 41.4 Å². The highest BCUT2D eigenvalue weighted by Gasteiger charge is 2.47. The summed E-state index contributed by atoms with van der Waals surface area (Å²) in [6, 6.07) is 15.7. The molecule has 2 heterocycles. The lowest BCUT2D eigenvalue weighted by atomic mass is 9.95. The molecule has 5 nitrogen and oxygen atoms in total. The third-order valence-electron chi connectivity index (χ3n) is 4.69. The highest BCUT2D eigenvalue weighted by atomic mass is 35.5. The van der Waals surface area contributed by atoms with Gasteiger partial charge in [-0.25, -0.2) is 0 Å². The van der Waals surface area contributed by atoms with Gasteiger partial charge in [0.25, 0.3) is 11.7 Å². The number of halogens is 2. The van der Waals surface area contributed by atoms with Gasteiger partial charge in [0.05, 0.1) is 23.5 Å². The second-order valence-corrected chi connectivity index (χ2v) is 7.25. The lowest BCUT2D eigenvalue weighted by molar-refractivity contribution is -0.132. The number of anilines is 1. The van der Waals surface area contributed by atoms with Crippen molar-refractivity contribution in [3.8, 4) is 0 Å². The van der Waals surface area contributed by atoms with E-state index in [-0.39, 0.29) is 11.3 Å². The SMILES string of the molecule is O=C1C(=O)N(c2cccnc2)C(c2ccccc2Cl)C1=C(O)c1ccc(Cl)cc1. The van der Waals surface area contributed by atoms with E-state index in [1.54, 1.807) is 66.9 Å². The van der Waals surface area contributed by atoms with Crippen molar-refractivity contribution in [3.05, 3.63) is 99.8 Å². The highest BCUT2D eigenvalue weighted by Crippen LogP contribution is 2.43. The van der Waals surface area contributed by atoms with Crippen molar-refractivity contribution in [2.24, 2.45) is 0 Å². The number of aromatic nitrogens is 1. The van der Waals surface area contributed by atoms with Crippen molar-refractivity contribution in [1.29, 1.82) is 0 Å². The van der Waals surface area contributed by atoms with Gasteiger partial charge in [-0.15, -0.1) is 0 Å². The summed E-state index contributed by atoms with van der Waals surface area (Å²) in [5.74, 6) is -1.86. The van der Waals surface area contributed by atoms with Gasteiger partial charge >= 0.3 is 0 Å². The van der Waals surface area contributed by atoms with E-state index in [4.69, 9.17) is 23.2 Å². The van der Waals surface area contributed by atoms with Gasteiger partial charge in [0.15, 0.2) is 0 Å². The summed E-state index contributed by atoms with van der Waals surface area (Å²) >= 11 is 12.3. The maximum absolute atomic E-state index is 13.0. The number of Topliss-reactive ketones (excluding diaryl/α,β-unsaturated/α-hetero) is 1. The molecule has 2 aromatic carbocycles. The average molecular weight is 425 g/mol. The second-order valence-electron chi connectivity index (χ2n) is 6.41. The summed E-state index contributed by atoms with van der Waals surface area (Å²) in [5.41, 5.74) is 1.27. The smallest absolute Gasteiger partial charge is 0.300 e. The summed E-state index contributed by atoms with van der Waals surface area (Å²) in [5, 5.41) is 11.8. The van der Waals surface area contributed by atoms with Gasteiger partial charge in [-0.3, -0.25) is 19.5 Å². The first-order valence-corrected chi connectivity index (χ1v) is 9.46. The minimum atomic E-state index is -0.899. The normalized spacial score (nSPS) is 18.3. The predicted octanol–water partition coefficient (Wildman–Crippen LogP) is 5.01. The highest BCUT2D eigenvalue weighted by molar-refractivity contribution is 6.52. The summed E-state index contributed by atoms with van der Waals surface area (Å²) in [6.07, 6.45) is 3.05. The zero-order valence-electron chi connectivity index (χ0n) is 14.9. The van der Waals surface area contributed by atoms with Crippen molar-refractivity contribution in [3.63, 3.8) is 0 Å². The Morgan fingerprint density at radius 3 is 2.34 bits per heavy atom. The number of ketones is 1. The van der Waals surface area contributed by atoms with Crippen LogP contribution in [0.3, 0.4) is 0 Å². The first-order chi connectivity index (χ1) is 14.0. The summed E-state index contributed by atoms with van der Waals surface area (Å²) in [6.45, 7) is 0. The molecule has 0 aliphatic carbocycles. The topological polar surface area (TPSA) is 70.5 Å². The van der Waals surface area contributed by atoms with Crippen LogP contribution in [0.25, 0.3) is 5.76 Å². The fourth-order valence-corrected chi connectivity index (χ4v) is 3.71. The Labute approximate surface area is 176 Å². The number of carbonyl (C=O) groups excluding carboxylic acids is 2. The van der Waals surface area contributed by atoms with Crippen molar-refractivity contribution in [2.45, 2.75) is 6.04 Å². The van der Waals surface area contributed by atoms with Crippen molar-refractivity contribution in [1.82, 2.24) is 4.98 Å². The van der Waals surface area contributed by atoms with Crippen LogP contribution in [0.15, 0.2) is 78.6 Å². The molecule has 1 N–H and O–H groups in total. The fraction of sp³-hybridized carbons (Fsp3) is 0.0455. The lowest BCUT2D eigenvalue weighted by Gasteiger charge is -2.25. The second kappa shape index (κ2) is 7.70. The molecule has 0 radical (unpaired) electrons. The van der Waals surface area contributed by atoms with E-state index in [1.165, 1.54) is 11.1 Å². The molecular formula is C22H14Cl2N2O3. The van der Waals surface area contributed by atoms with Crippen LogP contribution in [-0.2, 0) is 9.59 Å². The van der Waals surface area contributed by atoms with E-state index in [9.17, 15) is 14.7 Å². The van der Waals surface area contributed by atoms with Gasteiger partial charge < -0.3 is 5.11 Å². The van der Waals surface area contributed by atoms with Crippen LogP contribution in [0.2, 0.25) is 10.0 Å². The number of hydrogen-bond donors (Lipinski definition) is 1. The van der Waals surface area contributed by atoms with Gasteiger partial charge in [0.2, 0.25) is 0 Å². The van der Waals surface area contributed by atoms with Crippen LogP contribution in [-0.4, -0.2) is 21.8 Å². The third-order valence-corrected chi connectivity index (χ3v) is 5.28. The molecule has 1 atom stereocenters. The third kappa shape index (κ3) is 3.39. The molecule has 144 valence electrons.